The number of piperidine rings is 1. The van der Waals surface area contributed by atoms with Gasteiger partial charge < -0.3 is 10.6 Å². The highest BCUT2D eigenvalue weighted by Gasteiger charge is 2.19. The fourth-order valence-electron chi connectivity index (χ4n) is 3.04. The Balaban J connectivity index is 1.49. The van der Waals surface area contributed by atoms with Gasteiger partial charge in [0.1, 0.15) is 0 Å². The number of nitrogens with one attached hydrogen (secondary N) is 2. The van der Waals surface area contributed by atoms with E-state index in [1.165, 1.54) is 29.9 Å². The molecule has 0 spiro atoms. The van der Waals surface area contributed by atoms with Gasteiger partial charge in [0.2, 0.25) is 5.91 Å². The molecule has 0 aliphatic carbocycles. The Morgan fingerprint density at radius 3 is 2.77 bits per heavy atom. The predicted octanol–water partition coefficient (Wildman–Crippen LogP) is 3.88. The molecule has 2 heterocycles. The molecule has 0 aromatic heterocycles. The van der Waals surface area contributed by atoms with Crippen molar-refractivity contribution in [1.29, 1.82) is 0 Å². The molecule has 3 nitrogen and oxygen atoms in total. The molecule has 120 valence electrons. The van der Waals surface area contributed by atoms with E-state index in [2.05, 4.69) is 28.8 Å². The number of hydrogen-bond acceptors (Lipinski definition) is 4. The van der Waals surface area contributed by atoms with Crippen LogP contribution in [-0.4, -0.2) is 30.5 Å². The topological polar surface area (TPSA) is 41.1 Å². The molecule has 2 fully saturated rings. The third kappa shape index (κ3) is 4.67. The van der Waals surface area contributed by atoms with Crippen LogP contribution in [0.4, 0.5) is 5.69 Å². The molecule has 0 saturated carbocycles. The second kappa shape index (κ2) is 8.27. The number of thioether (sulfide) groups is 2. The minimum atomic E-state index is 0.155. The summed E-state index contributed by atoms with van der Waals surface area (Å²) >= 11 is 3.99. The molecular formula is C17H24N2OS2. The number of anilines is 1. The van der Waals surface area contributed by atoms with Crippen molar-refractivity contribution < 1.29 is 4.79 Å². The molecular weight excluding hydrogens is 312 g/mol. The highest BCUT2D eigenvalue weighted by molar-refractivity contribution is 8.19. The average molecular weight is 337 g/mol. The van der Waals surface area contributed by atoms with Gasteiger partial charge in [0.25, 0.3) is 0 Å². The molecule has 1 aromatic rings. The van der Waals surface area contributed by atoms with Gasteiger partial charge in [0.05, 0.1) is 4.58 Å². The minimum Gasteiger partial charge on any atom is -0.326 e. The van der Waals surface area contributed by atoms with Crippen LogP contribution < -0.4 is 10.6 Å². The number of hydrogen-bond donors (Lipinski definition) is 2. The van der Waals surface area contributed by atoms with E-state index in [1.54, 1.807) is 0 Å². The largest absolute Gasteiger partial charge is 0.326 e. The molecule has 2 N–H and O–H groups in total. The lowest BCUT2D eigenvalue weighted by molar-refractivity contribution is -0.116. The van der Waals surface area contributed by atoms with Gasteiger partial charge >= 0.3 is 0 Å². The van der Waals surface area contributed by atoms with Crippen molar-refractivity contribution in [2.75, 3.05) is 29.9 Å². The Hall–Kier alpha value is -0.650. The summed E-state index contributed by atoms with van der Waals surface area (Å²) in [5.41, 5.74) is 2.27. The summed E-state index contributed by atoms with van der Waals surface area (Å²) in [4.78, 5) is 12.2. The first-order valence-electron chi connectivity index (χ1n) is 8.15. The molecule has 2 aliphatic heterocycles. The molecule has 0 radical (unpaired) electrons. The van der Waals surface area contributed by atoms with Gasteiger partial charge in [-0.05, 0) is 56.0 Å². The zero-order chi connectivity index (χ0) is 15.2. The van der Waals surface area contributed by atoms with Gasteiger partial charge in [-0.2, -0.15) is 0 Å². The van der Waals surface area contributed by atoms with Gasteiger partial charge in [0.15, 0.2) is 0 Å². The number of carbonyl (C=O) groups is 1. The standard InChI is InChI=1S/C17H24N2OS2/c20-16(5-4-13-6-8-18-9-7-13)19-15-3-1-2-14(12-15)17-21-10-11-22-17/h1-3,12-13,17-18H,4-11H2,(H,19,20). The summed E-state index contributed by atoms with van der Waals surface area (Å²) in [5.74, 6) is 3.32. The lowest BCUT2D eigenvalue weighted by atomic mass is 9.93. The maximum atomic E-state index is 12.2. The first-order valence-corrected chi connectivity index (χ1v) is 10.2. The number of carbonyl (C=O) groups excluding carboxylic acids is 1. The van der Waals surface area contributed by atoms with Crippen LogP contribution in [0.5, 0.6) is 0 Å². The third-order valence-corrected chi connectivity index (χ3v) is 7.41. The van der Waals surface area contributed by atoms with Gasteiger partial charge in [-0.25, -0.2) is 0 Å². The Morgan fingerprint density at radius 2 is 2.00 bits per heavy atom. The third-order valence-electron chi connectivity index (χ3n) is 4.30. The van der Waals surface area contributed by atoms with Crippen LogP contribution in [0.1, 0.15) is 35.8 Å². The van der Waals surface area contributed by atoms with Crippen molar-refractivity contribution in [3.05, 3.63) is 29.8 Å². The van der Waals surface area contributed by atoms with Crippen LogP contribution in [-0.2, 0) is 4.79 Å². The molecule has 3 rings (SSSR count). The van der Waals surface area contributed by atoms with Gasteiger partial charge in [-0.15, -0.1) is 23.5 Å². The van der Waals surface area contributed by atoms with Gasteiger partial charge in [0, 0.05) is 23.6 Å². The second-order valence-electron chi connectivity index (χ2n) is 5.98. The molecule has 2 aliphatic rings. The van der Waals surface area contributed by atoms with Crippen LogP contribution in [0.2, 0.25) is 0 Å². The number of benzene rings is 1. The Labute approximate surface area is 141 Å². The van der Waals surface area contributed by atoms with E-state index >= 15 is 0 Å². The molecule has 1 aromatic carbocycles. The summed E-state index contributed by atoms with van der Waals surface area (Å²) < 4.78 is 0.534. The molecule has 0 bridgehead atoms. The summed E-state index contributed by atoms with van der Waals surface area (Å²) in [5, 5.41) is 6.44. The highest BCUT2D eigenvalue weighted by Crippen LogP contribution is 2.45. The smallest absolute Gasteiger partial charge is 0.224 e. The summed E-state index contributed by atoms with van der Waals surface area (Å²) in [6.07, 6.45) is 4.07. The fraction of sp³-hybridized carbons (Fsp3) is 0.588. The lowest BCUT2D eigenvalue weighted by Crippen LogP contribution is -2.28. The second-order valence-corrected chi connectivity index (χ2v) is 8.70. The average Bonchev–Trinajstić information content (AvgIpc) is 3.09. The monoisotopic (exact) mass is 336 g/mol. The van der Waals surface area contributed by atoms with Crippen molar-refractivity contribution >= 4 is 35.1 Å². The summed E-state index contributed by atoms with van der Waals surface area (Å²) in [6.45, 7) is 2.20. The van der Waals surface area contributed by atoms with E-state index in [4.69, 9.17) is 0 Å². The van der Waals surface area contributed by atoms with Gasteiger partial charge in [-0.1, -0.05) is 12.1 Å². The van der Waals surface area contributed by atoms with E-state index in [1.807, 2.05) is 29.6 Å². The maximum Gasteiger partial charge on any atom is 0.224 e. The van der Waals surface area contributed by atoms with E-state index in [0.29, 0.717) is 16.9 Å². The van der Waals surface area contributed by atoms with Crippen LogP contribution in [0, 0.1) is 5.92 Å². The van der Waals surface area contributed by atoms with Crippen molar-refractivity contribution in [3.8, 4) is 0 Å². The first kappa shape index (κ1) is 16.2. The van der Waals surface area contributed by atoms with Crippen molar-refractivity contribution in [2.24, 2.45) is 5.92 Å². The molecule has 0 atom stereocenters. The minimum absolute atomic E-state index is 0.155. The summed E-state index contributed by atoms with van der Waals surface area (Å²) in [7, 11) is 0. The molecule has 1 amide bonds. The van der Waals surface area contributed by atoms with Crippen molar-refractivity contribution in [2.45, 2.75) is 30.3 Å². The number of rotatable bonds is 5. The quantitative estimate of drug-likeness (QED) is 0.856. The Morgan fingerprint density at radius 1 is 1.23 bits per heavy atom. The fourth-order valence-corrected chi connectivity index (χ4v) is 5.88. The van der Waals surface area contributed by atoms with E-state index in [0.717, 1.165) is 25.2 Å². The van der Waals surface area contributed by atoms with E-state index in [9.17, 15) is 4.79 Å². The van der Waals surface area contributed by atoms with E-state index in [-0.39, 0.29) is 5.91 Å². The van der Waals surface area contributed by atoms with Crippen LogP contribution in [0.3, 0.4) is 0 Å². The number of amides is 1. The molecule has 0 unspecified atom stereocenters. The maximum absolute atomic E-state index is 12.2. The van der Waals surface area contributed by atoms with Crippen LogP contribution in [0.25, 0.3) is 0 Å². The highest BCUT2D eigenvalue weighted by atomic mass is 32.2. The molecule has 22 heavy (non-hydrogen) atoms. The van der Waals surface area contributed by atoms with Gasteiger partial charge in [-0.3, -0.25) is 4.79 Å². The zero-order valence-corrected chi connectivity index (χ0v) is 14.5. The first-order chi connectivity index (χ1) is 10.8. The van der Waals surface area contributed by atoms with Crippen molar-refractivity contribution in [3.63, 3.8) is 0 Å². The van der Waals surface area contributed by atoms with Crippen LogP contribution in [0.15, 0.2) is 24.3 Å². The summed E-state index contributed by atoms with van der Waals surface area (Å²) in [6, 6.07) is 8.35. The van der Waals surface area contributed by atoms with E-state index < -0.39 is 0 Å². The van der Waals surface area contributed by atoms with Crippen molar-refractivity contribution in [1.82, 2.24) is 5.32 Å². The predicted molar refractivity (Wildman–Crippen MR) is 97.6 cm³/mol. The molecule has 2 saturated heterocycles. The Bertz CT molecular complexity index is 497. The SMILES string of the molecule is O=C(CCC1CCNCC1)Nc1cccc(C2SCCS2)c1. The van der Waals surface area contributed by atoms with Crippen LogP contribution >= 0.6 is 23.5 Å². The zero-order valence-electron chi connectivity index (χ0n) is 12.8. The normalized spacial score (nSPS) is 20.2. The lowest BCUT2D eigenvalue weighted by Gasteiger charge is -2.22. The Kier molecular flexibility index (Phi) is 6.10. The molecule has 5 heteroatoms.